The molecule has 4 rings (SSSR count). The van der Waals surface area contributed by atoms with Gasteiger partial charge in [-0.3, -0.25) is 4.79 Å². The van der Waals surface area contributed by atoms with Crippen molar-refractivity contribution in [3.05, 3.63) is 18.5 Å². The van der Waals surface area contributed by atoms with E-state index in [2.05, 4.69) is 14.9 Å². The lowest BCUT2D eigenvalue weighted by Crippen LogP contribution is -2.45. The van der Waals surface area contributed by atoms with E-state index in [4.69, 9.17) is 9.47 Å². The van der Waals surface area contributed by atoms with Crippen LogP contribution in [0.4, 0.5) is 5.82 Å². The molecule has 8 heteroatoms. The van der Waals surface area contributed by atoms with Gasteiger partial charge < -0.3 is 19.3 Å². The summed E-state index contributed by atoms with van der Waals surface area (Å²) in [6.45, 7) is 3.42. The predicted octanol–water partition coefficient (Wildman–Crippen LogP) is 2.44. The monoisotopic (exact) mass is 402 g/mol. The Balaban J connectivity index is 1.51. The molecule has 2 aromatic rings. The summed E-state index contributed by atoms with van der Waals surface area (Å²) in [6.07, 6.45) is 3.31. The van der Waals surface area contributed by atoms with E-state index < -0.39 is 0 Å². The van der Waals surface area contributed by atoms with Gasteiger partial charge in [0.25, 0.3) is 0 Å². The summed E-state index contributed by atoms with van der Waals surface area (Å²) in [5.74, 6) is 4.79. The first-order valence-electron chi connectivity index (χ1n) is 9.69. The molecule has 0 saturated carbocycles. The second-order valence-corrected chi connectivity index (χ2v) is 8.35. The summed E-state index contributed by atoms with van der Waals surface area (Å²) in [5, 5.41) is 0.943. The summed E-state index contributed by atoms with van der Waals surface area (Å²) in [4.78, 5) is 26.0. The Hall–Kier alpha value is -2.22. The first-order chi connectivity index (χ1) is 13.7. The Kier molecular flexibility index (Phi) is 5.75. The number of rotatable bonds is 4. The Labute approximate surface area is 169 Å². The van der Waals surface area contributed by atoms with Gasteiger partial charge in [-0.1, -0.05) is 0 Å². The topological polar surface area (TPSA) is 67.8 Å². The molecule has 2 aliphatic heterocycles. The van der Waals surface area contributed by atoms with E-state index >= 15 is 0 Å². The molecular formula is C20H26N4O3S. The zero-order chi connectivity index (χ0) is 19.5. The minimum absolute atomic E-state index is 0.127. The molecule has 150 valence electrons. The number of thioether (sulfide) groups is 1. The fourth-order valence-electron chi connectivity index (χ4n) is 4.00. The van der Waals surface area contributed by atoms with E-state index in [9.17, 15) is 4.79 Å². The number of amides is 1. The minimum atomic E-state index is 0.127. The summed E-state index contributed by atoms with van der Waals surface area (Å²) in [5.41, 5.74) is 0.826. The third kappa shape index (κ3) is 3.70. The normalized spacial score (nSPS) is 18.4. The lowest BCUT2D eigenvalue weighted by atomic mass is 9.95. The van der Waals surface area contributed by atoms with Crippen LogP contribution in [0.3, 0.4) is 0 Å². The number of benzene rings is 1. The van der Waals surface area contributed by atoms with Gasteiger partial charge in [-0.15, -0.1) is 0 Å². The van der Waals surface area contributed by atoms with E-state index in [1.807, 2.05) is 28.8 Å². The van der Waals surface area contributed by atoms with E-state index in [1.54, 1.807) is 20.5 Å². The highest BCUT2D eigenvalue weighted by atomic mass is 32.2. The minimum Gasteiger partial charge on any atom is -0.493 e. The first-order valence-corrected chi connectivity index (χ1v) is 10.8. The second kappa shape index (κ2) is 8.43. The molecule has 3 heterocycles. The molecule has 2 saturated heterocycles. The van der Waals surface area contributed by atoms with Crippen molar-refractivity contribution in [2.45, 2.75) is 12.8 Å². The first kappa shape index (κ1) is 19.1. The third-order valence-electron chi connectivity index (χ3n) is 5.59. The maximum Gasteiger partial charge on any atom is 0.225 e. The fraction of sp³-hybridized carbons (Fsp3) is 0.550. The highest BCUT2D eigenvalue weighted by Crippen LogP contribution is 2.35. The highest BCUT2D eigenvalue weighted by molar-refractivity contribution is 7.99. The quantitative estimate of drug-likeness (QED) is 0.778. The molecule has 1 aromatic heterocycles. The van der Waals surface area contributed by atoms with E-state index in [-0.39, 0.29) is 5.92 Å². The lowest BCUT2D eigenvalue weighted by Gasteiger charge is -2.36. The largest absolute Gasteiger partial charge is 0.493 e. The molecule has 0 bridgehead atoms. The SMILES string of the molecule is COc1cc2ncnc(N3CCC(C(=O)N4CCSCC4)CC3)c2cc1OC. The van der Waals surface area contributed by atoms with Crippen LogP contribution in [0.15, 0.2) is 18.5 Å². The number of carbonyl (C=O) groups excluding carboxylic acids is 1. The number of methoxy groups -OCH3 is 2. The molecule has 2 aliphatic rings. The fourth-order valence-corrected chi connectivity index (χ4v) is 4.90. The van der Waals surface area contributed by atoms with Gasteiger partial charge in [0.2, 0.25) is 5.91 Å². The molecule has 1 aromatic carbocycles. The van der Waals surface area contributed by atoms with Crippen LogP contribution in [-0.4, -0.2) is 72.7 Å². The maximum absolute atomic E-state index is 12.8. The number of hydrogen-bond acceptors (Lipinski definition) is 7. The van der Waals surface area contributed by atoms with Crippen molar-refractivity contribution >= 4 is 34.4 Å². The molecule has 0 aliphatic carbocycles. The predicted molar refractivity (Wildman–Crippen MR) is 111 cm³/mol. The maximum atomic E-state index is 12.8. The van der Waals surface area contributed by atoms with Crippen LogP contribution in [0.2, 0.25) is 0 Å². The van der Waals surface area contributed by atoms with Crippen LogP contribution in [-0.2, 0) is 4.79 Å². The number of aromatic nitrogens is 2. The third-order valence-corrected chi connectivity index (χ3v) is 6.53. The van der Waals surface area contributed by atoms with Gasteiger partial charge in [-0.25, -0.2) is 9.97 Å². The molecular weight excluding hydrogens is 376 g/mol. The van der Waals surface area contributed by atoms with Crippen molar-refractivity contribution in [3.63, 3.8) is 0 Å². The zero-order valence-electron chi connectivity index (χ0n) is 16.4. The zero-order valence-corrected chi connectivity index (χ0v) is 17.2. The molecule has 7 nitrogen and oxygen atoms in total. The molecule has 0 radical (unpaired) electrons. The highest BCUT2D eigenvalue weighted by Gasteiger charge is 2.30. The van der Waals surface area contributed by atoms with Crippen molar-refractivity contribution in [2.75, 3.05) is 56.8 Å². The number of hydrogen-bond donors (Lipinski definition) is 0. The Bertz CT molecular complexity index is 849. The van der Waals surface area contributed by atoms with Gasteiger partial charge in [-0.05, 0) is 18.9 Å². The number of ether oxygens (including phenoxy) is 2. The summed E-state index contributed by atoms with van der Waals surface area (Å²) < 4.78 is 10.8. The van der Waals surface area contributed by atoms with Gasteiger partial charge >= 0.3 is 0 Å². The summed E-state index contributed by atoms with van der Waals surface area (Å²) >= 11 is 1.93. The van der Waals surface area contributed by atoms with Crippen molar-refractivity contribution < 1.29 is 14.3 Å². The van der Waals surface area contributed by atoms with Crippen molar-refractivity contribution in [1.29, 1.82) is 0 Å². The summed E-state index contributed by atoms with van der Waals surface area (Å²) in [6, 6.07) is 3.82. The average Bonchev–Trinajstić information content (AvgIpc) is 2.77. The van der Waals surface area contributed by atoms with E-state index in [0.717, 1.165) is 67.2 Å². The Morgan fingerprint density at radius 3 is 2.39 bits per heavy atom. The second-order valence-electron chi connectivity index (χ2n) is 7.12. The number of piperidine rings is 1. The molecule has 28 heavy (non-hydrogen) atoms. The molecule has 2 fully saturated rings. The van der Waals surface area contributed by atoms with Crippen LogP contribution in [0.5, 0.6) is 11.5 Å². The van der Waals surface area contributed by atoms with Crippen molar-refractivity contribution in [3.8, 4) is 11.5 Å². The smallest absolute Gasteiger partial charge is 0.225 e. The lowest BCUT2D eigenvalue weighted by molar-refractivity contribution is -0.135. The Morgan fingerprint density at radius 2 is 1.71 bits per heavy atom. The standard InChI is InChI=1S/C20H26N4O3S/c1-26-17-11-15-16(12-18(17)27-2)21-13-22-19(15)23-5-3-14(4-6-23)20(25)24-7-9-28-10-8-24/h11-14H,3-10H2,1-2H3. The van der Waals surface area contributed by atoms with Crippen LogP contribution >= 0.6 is 11.8 Å². The number of nitrogens with zero attached hydrogens (tertiary/aromatic N) is 4. The van der Waals surface area contributed by atoms with Crippen LogP contribution in [0, 0.1) is 5.92 Å². The van der Waals surface area contributed by atoms with Gasteiger partial charge in [0.15, 0.2) is 11.5 Å². The summed E-state index contributed by atoms with van der Waals surface area (Å²) in [7, 11) is 3.25. The van der Waals surface area contributed by atoms with Crippen LogP contribution in [0.1, 0.15) is 12.8 Å². The Morgan fingerprint density at radius 1 is 1.04 bits per heavy atom. The number of anilines is 1. The average molecular weight is 403 g/mol. The molecule has 1 amide bonds. The van der Waals surface area contributed by atoms with Crippen LogP contribution < -0.4 is 14.4 Å². The molecule has 0 atom stereocenters. The van der Waals surface area contributed by atoms with E-state index in [0.29, 0.717) is 17.4 Å². The van der Waals surface area contributed by atoms with Crippen LogP contribution in [0.25, 0.3) is 10.9 Å². The van der Waals surface area contributed by atoms with Gasteiger partial charge in [0, 0.05) is 55.1 Å². The molecule has 0 unspecified atom stereocenters. The number of carbonyl (C=O) groups is 1. The van der Waals surface area contributed by atoms with E-state index in [1.165, 1.54) is 0 Å². The van der Waals surface area contributed by atoms with Gasteiger partial charge in [0.1, 0.15) is 12.1 Å². The van der Waals surface area contributed by atoms with Crippen molar-refractivity contribution in [1.82, 2.24) is 14.9 Å². The van der Waals surface area contributed by atoms with Gasteiger partial charge in [-0.2, -0.15) is 11.8 Å². The van der Waals surface area contributed by atoms with Crippen molar-refractivity contribution in [2.24, 2.45) is 5.92 Å². The van der Waals surface area contributed by atoms with Gasteiger partial charge in [0.05, 0.1) is 19.7 Å². The molecule has 0 spiro atoms. The molecule has 0 N–H and O–H groups in total. The number of fused-ring (bicyclic) bond motifs is 1.